The lowest BCUT2D eigenvalue weighted by Gasteiger charge is -2.43. The quantitative estimate of drug-likeness (QED) is 0.231. The van der Waals surface area contributed by atoms with Crippen molar-refractivity contribution in [2.45, 2.75) is 109 Å². The van der Waals surface area contributed by atoms with E-state index in [1.165, 1.54) is 12.1 Å². The molecule has 2 amide bonds. The number of carboxylic acid groups (broad SMARTS) is 1. The molecule has 12 heteroatoms. The van der Waals surface area contributed by atoms with E-state index in [1.807, 2.05) is 11.5 Å². The summed E-state index contributed by atoms with van der Waals surface area (Å²) in [7, 11) is 1.57. The Hall–Kier alpha value is -3.70. The van der Waals surface area contributed by atoms with Crippen LogP contribution < -0.4 is 10.1 Å². The molecule has 6 rings (SSSR count). The van der Waals surface area contributed by atoms with Gasteiger partial charge in [-0.2, -0.15) is 0 Å². The number of nitrogens with one attached hydrogen (secondary N) is 1. The van der Waals surface area contributed by atoms with Crippen molar-refractivity contribution in [1.82, 2.24) is 19.8 Å². The number of halogens is 2. The first-order chi connectivity index (χ1) is 24.4. The Labute approximate surface area is 304 Å². The highest BCUT2D eigenvalue weighted by molar-refractivity contribution is 6.31. The fourth-order valence-electron chi connectivity index (χ4n) is 8.67. The monoisotopic (exact) mass is 724 g/mol. The van der Waals surface area contributed by atoms with Gasteiger partial charge in [-0.3, -0.25) is 19.0 Å². The van der Waals surface area contributed by atoms with E-state index in [0.717, 1.165) is 25.7 Å². The van der Waals surface area contributed by atoms with Crippen LogP contribution in [0.5, 0.6) is 5.88 Å². The van der Waals surface area contributed by atoms with E-state index in [1.54, 1.807) is 36.4 Å². The van der Waals surface area contributed by atoms with E-state index >= 15 is 0 Å². The second-order valence-electron chi connectivity index (χ2n) is 15.1. The third-order valence-electron chi connectivity index (χ3n) is 11.5. The predicted molar refractivity (Wildman–Crippen MR) is 193 cm³/mol. The minimum Gasteiger partial charge on any atom is -0.482 e. The van der Waals surface area contributed by atoms with Crippen LogP contribution in [0.25, 0.3) is 11.0 Å². The van der Waals surface area contributed by atoms with E-state index in [0.29, 0.717) is 77.6 Å². The van der Waals surface area contributed by atoms with Gasteiger partial charge >= 0.3 is 5.97 Å². The van der Waals surface area contributed by atoms with E-state index in [9.17, 15) is 23.9 Å². The Balaban J connectivity index is 1.24. The summed E-state index contributed by atoms with van der Waals surface area (Å²) in [6, 6.07) is 7.64. The molecule has 3 aromatic rings. The lowest BCUT2D eigenvalue weighted by Crippen LogP contribution is -2.56. The zero-order valence-electron chi connectivity index (χ0n) is 30.0. The third kappa shape index (κ3) is 7.75. The minimum absolute atomic E-state index is 0.00985. The second kappa shape index (κ2) is 15.5. The van der Waals surface area contributed by atoms with Crippen molar-refractivity contribution in [1.29, 1.82) is 0 Å². The number of amides is 2. The molecule has 0 spiro atoms. The smallest absolute Gasteiger partial charge is 0.306 e. The molecule has 0 bridgehead atoms. The Morgan fingerprint density at radius 3 is 2.37 bits per heavy atom. The zero-order chi connectivity index (χ0) is 36.4. The number of hydrogen-bond donors (Lipinski definition) is 2. The highest BCUT2D eigenvalue weighted by atomic mass is 35.5. The van der Waals surface area contributed by atoms with Crippen LogP contribution in [-0.2, 0) is 26.3 Å². The number of pyridine rings is 1. The van der Waals surface area contributed by atoms with Gasteiger partial charge in [0.15, 0.2) is 0 Å². The largest absolute Gasteiger partial charge is 0.482 e. The number of ether oxygens (including phenoxy) is 2. The van der Waals surface area contributed by atoms with Crippen molar-refractivity contribution in [3.8, 4) is 5.88 Å². The number of carbonyl (C=O) groups excluding carboxylic acids is 2. The average molecular weight is 725 g/mol. The van der Waals surface area contributed by atoms with Crippen molar-refractivity contribution >= 4 is 40.4 Å². The maximum absolute atomic E-state index is 14.5. The summed E-state index contributed by atoms with van der Waals surface area (Å²) in [6.45, 7) is 7.33. The Bertz CT molecular complexity index is 1730. The maximum Gasteiger partial charge on any atom is 0.306 e. The summed E-state index contributed by atoms with van der Waals surface area (Å²) in [5.41, 5.74) is 0.750. The number of carboxylic acids is 1. The highest BCUT2D eigenvalue weighted by Crippen LogP contribution is 2.41. The van der Waals surface area contributed by atoms with Crippen LogP contribution in [0.1, 0.15) is 94.5 Å². The summed E-state index contributed by atoms with van der Waals surface area (Å²) in [5, 5.41) is 13.8. The maximum atomic E-state index is 14.5. The standard InChI is InChI=1S/C39H50ClFN4O6/c1-23(2)51-30-12-5-25(6-13-30)22-45-34-31(20-28(40)21-42-34)33(36(45)50-4)35(46)44-17-15-39(16-18-44,27-8-10-29(41)11-9-27)38(49)43-32-14-7-26(37(47)48)19-24(32)3/h8-11,20-21,23-26,30,32H,5-7,12-19,22H2,1-4H3,(H,43,49)(H,47,48)/t24-,25?,26-,30?,32-/m0/s1. The molecule has 1 aromatic carbocycles. The normalized spacial score (nSPS) is 25.2. The van der Waals surface area contributed by atoms with Gasteiger partial charge in [0, 0.05) is 37.3 Å². The number of aromatic nitrogens is 2. The number of benzene rings is 1. The molecular weight excluding hydrogens is 675 g/mol. The topological polar surface area (TPSA) is 123 Å². The van der Waals surface area contributed by atoms with Crippen LogP contribution in [0.15, 0.2) is 36.5 Å². The van der Waals surface area contributed by atoms with Gasteiger partial charge in [-0.15, -0.1) is 0 Å². The summed E-state index contributed by atoms with van der Waals surface area (Å²) >= 11 is 6.45. The highest BCUT2D eigenvalue weighted by Gasteiger charge is 2.46. The second-order valence-corrected chi connectivity index (χ2v) is 15.6. The van der Waals surface area contributed by atoms with Crippen LogP contribution >= 0.6 is 11.6 Å². The predicted octanol–water partition coefficient (Wildman–Crippen LogP) is 7.00. The van der Waals surface area contributed by atoms with Crippen molar-refractivity contribution in [2.75, 3.05) is 20.2 Å². The molecule has 3 aliphatic rings. The lowest BCUT2D eigenvalue weighted by molar-refractivity contribution is -0.143. The number of methoxy groups -OCH3 is 1. The molecule has 3 heterocycles. The minimum atomic E-state index is -0.991. The molecule has 2 aliphatic carbocycles. The van der Waals surface area contributed by atoms with Gasteiger partial charge in [-0.1, -0.05) is 30.7 Å². The van der Waals surface area contributed by atoms with Crippen LogP contribution in [-0.4, -0.2) is 75.8 Å². The molecule has 276 valence electrons. The first-order valence-electron chi connectivity index (χ1n) is 18.4. The first kappa shape index (κ1) is 37.1. The van der Waals surface area contributed by atoms with Crippen LogP contribution in [0, 0.1) is 23.6 Å². The van der Waals surface area contributed by atoms with Gasteiger partial charge < -0.3 is 24.8 Å². The van der Waals surface area contributed by atoms with Crippen molar-refractivity contribution < 1.29 is 33.4 Å². The molecule has 10 nitrogen and oxygen atoms in total. The fraction of sp³-hybridized carbons (Fsp3) is 0.590. The van der Waals surface area contributed by atoms with Gasteiger partial charge in [0.05, 0.1) is 35.7 Å². The molecule has 0 unspecified atom stereocenters. The third-order valence-corrected chi connectivity index (χ3v) is 11.7. The number of fused-ring (bicyclic) bond motifs is 1. The fourth-order valence-corrected chi connectivity index (χ4v) is 8.82. The number of rotatable bonds is 10. The SMILES string of the molecule is COc1c(C(=O)N2CCC(C(=O)N[C@H]3CC[C@H](C(=O)O)C[C@@H]3C)(c3ccc(F)cc3)CC2)c2cc(Cl)cnc2n1CC1CCC(OC(C)C)CC1. The molecule has 0 radical (unpaired) electrons. The molecule has 3 fully saturated rings. The van der Waals surface area contributed by atoms with Crippen LogP contribution in [0.3, 0.4) is 0 Å². The average Bonchev–Trinajstić information content (AvgIpc) is 3.41. The molecular formula is C39H50ClFN4O6. The van der Waals surface area contributed by atoms with Crippen LogP contribution in [0.4, 0.5) is 4.39 Å². The summed E-state index contributed by atoms with van der Waals surface area (Å²) in [4.78, 5) is 46.8. The molecule has 1 aliphatic heterocycles. The number of likely N-dealkylation sites (tertiary alicyclic amines) is 1. The van der Waals surface area contributed by atoms with Crippen molar-refractivity contribution in [3.63, 3.8) is 0 Å². The van der Waals surface area contributed by atoms with Gasteiger partial charge in [0.2, 0.25) is 11.8 Å². The van der Waals surface area contributed by atoms with Gasteiger partial charge in [0.1, 0.15) is 17.0 Å². The zero-order valence-corrected chi connectivity index (χ0v) is 30.8. The number of hydrogen-bond acceptors (Lipinski definition) is 6. The van der Waals surface area contributed by atoms with E-state index in [4.69, 9.17) is 21.1 Å². The molecule has 3 atom stereocenters. The Morgan fingerprint density at radius 2 is 1.76 bits per heavy atom. The van der Waals surface area contributed by atoms with Gasteiger partial charge in [-0.25, -0.2) is 9.37 Å². The first-order valence-corrected chi connectivity index (χ1v) is 18.7. The van der Waals surface area contributed by atoms with E-state index < -0.39 is 23.1 Å². The summed E-state index contributed by atoms with van der Waals surface area (Å²) in [5.74, 6) is -1.20. The number of piperidine rings is 1. The van der Waals surface area contributed by atoms with Crippen molar-refractivity contribution in [3.05, 3.63) is 58.5 Å². The molecule has 1 saturated heterocycles. The Kier molecular flexibility index (Phi) is 11.3. The van der Waals surface area contributed by atoms with E-state index in [-0.39, 0.29) is 49.1 Å². The van der Waals surface area contributed by atoms with Crippen LogP contribution in [0.2, 0.25) is 5.02 Å². The van der Waals surface area contributed by atoms with Crippen molar-refractivity contribution in [2.24, 2.45) is 17.8 Å². The molecule has 2 N–H and O–H groups in total. The number of carbonyl (C=O) groups is 3. The number of nitrogens with zero attached hydrogens (tertiary/aromatic N) is 3. The number of aliphatic carboxylic acids is 1. The van der Waals surface area contributed by atoms with E-state index in [2.05, 4.69) is 24.1 Å². The summed E-state index contributed by atoms with van der Waals surface area (Å²) < 4.78 is 28.1. The van der Waals surface area contributed by atoms with Gasteiger partial charge in [-0.05, 0) is 107 Å². The van der Waals surface area contributed by atoms with Gasteiger partial charge in [0.25, 0.3) is 5.91 Å². The Morgan fingerprint density at radius 1 is 1.08 bits per heavy atom. The molecule has 2 aromatic heterocycles. The molecule has 2 saturated carbocycles. The summed E-state index contributed by atoms with van der Waals surface area (Å²) in [6.07, 6.45) is 8.23. The molecule has 51 heavy (non-hydrogen) atoms. The lowest BCUT2D eigenvalue weighted by atomic mass is 9.71.